The number of rotatable bonds is 4. The molecule has 0 aliphatic heterocycles. The van der Waals surface area contributed by atoms with Gasteiger partial charge in [0.15, 0.2) is 0 Å². The maximum absolute atomic E-state index is 10.4. The fourth-order valence-electron chi connectivity index (χ4n) is 0.738. The van der Waals surface area contributed by atoms with Crippen molar-refractivity contribution in [1.29, 1.82) is 0 Å². The zero-order chi connectivity index (χ0) is 9.02. The van der Waals surface area contributed by atoms with Crippen LogP contribution in [0.2, 0.25) is 0 Å². The first kappa shape index (κ1) is 11.0. The van der Waals surface area contributed by atoms with Crippen LogP contribution in [0.5, 0.6) is 0 Å². The summed E-state index contributed by atoms with van der Waals surface area (Å²) in [5.41, 5.74) is 0. The van der Waals surface area contributed by atoms with E-state index in [4.69, 9.17) is 33.4 Å². The van der Waals surface area contributed by atoms with Crippen molar-refractivity contribution < 1.29 is 15.0 Å². The highest BCUT2D eigenvalue weighted by atomic mass is 35.5. The second-order valence-corrected chi connectivity index (χ2v) is 3.34. The third-order valence-corrected chi connectivity index (χ3v) is 1.94. The zero-order valence-electron chi connectivity index (χ0n) is 6.00. The highest BCUT2D eigenvalue weighted by Gasteiger charge is 2.29. The first-order chi connectivity index (χ1) is 5.00. The molecule has 0 rings (SSSR count). The molecule has 5 heteroatoms. The van der Waals surface area contributed by atoms with Crippen LogP contribution in [-0.2, 0) is 4.79 Å². The van der Waals surface area contributed by atoms with E-state index in [0.717, 1.165) is 0 Å². The Morgan fingerprint density at radius 2 is 2.00 bits per heavy atom. The van der Waals surface area contributed by atoms with Gasteiger partial charge in [0.25, 0.3) is 0 Å². The first-order valence-corrected chi connectivity index (χ1v) is 4.07. The van der Waals surface area contributed by atoms with Gasteiger partial charge in [0.05, 0.1) is 12.0 Å². The maximum atomic E-state index is 10.4. The predicted octanol–water partition coefficient (Wildman–Crippen LogP) is 1.26. The van der Waals surface area contributed by atoms with Gasteiger partial charge in [-0.1, -0.05) is 6.92 Å². The number of aliphatic carboxylic acids is 1. The van der Waals surface area contributed by atoms with Gasteiger partial charge in [-0.15, -0.1) is 23.2 Å². The largest absolute Gasteiger partial charge is 0.481 e. The van der Waals surface area contributed by atoms with Crippen LogP contribution in [-0.4, -0.2) is 27.1 Å². The summed E-state index contributed by atoms with van der Waals surface area (Å²) in [7, 11) is 0. The Morgan fingerprint density at radius 1 is 1.55 bits per heavy atom. The molecule has 0 spiro atoms. The van der Waals surface area contributed by atoms with Crippen LogP contribution in [0.1, 0.15) is 13.3 Å². The third-order valence-electron chi connectivity index (χ3n) is 1.43. The Labute approximate surface area is 74.9 Å². The van der Waals surface area contributed by atoms with Gasteiger partial charge < -0.3 is 10.2 Å². The van der Waals surface area contributed by atoms with Gasteiger partial charge in [0, 0.05) is 0 Å². The van der Waals surface area contributed by atoms with Crippen LogP contribution in [0.3, 0.4) is 0 Å². The lowest BCUT2D eigenvalue weighted by Gasteiger charge is -2.17. The summed E-state index contributed by atoms with van der Waals surface area (Å²) in [5, 5.41) is 17.6. The van der Waals surface area contributed by atoms with E-state index in [-0.39, 0.29) is 0 Å². The van der Waals surface area contributed by atoms with Crippen LogP contribution >= 0.6 is 23.2 Å². The monoisotopic (exact) mass is 200 g/mol. The Kier molecular flexibility index (Phi) is 4.81. The molecule has 2 atom stereocenters. The first-order valence-electron chi connectivity index (χ1n) is 3.19. The molecule has 66 valence electrons. The van der Waals surface area contributed by atoms with E-state index in [0.29, 0.717) is 6.42 Å². The number of carboxylic acid groups (broad SMARTS) is 1. The molecule has 0 saturated heterocycles. The lowest BCUT2D eigenvalue weighted by atomic mass is 10.0. The van der Waals surface area contributed by atoms with Gasteiger partial charge in [-0.3, -0.25) is 4.79 Å². The van der Waals surface area contributed by atoms with Crippen LogP contribution < -0.4 is 0 Å². The molecule has 2 unspecified atom stereocenters. The van der Waals surface area contributed by atoms with E-state index in [1.807, 2.05) is 0 Å². The van der Waals surface area contributed by atoms with Crippen molar-refractivity contribution >= 4 is 29.2 Å². The van der Waals surface area contributed by atoms with Crippen molar-refractivity contribution in [2.45, 2.75) is 24.3 Å². The minimum atomic E-state index is -1.19. The van der Waals surface area contributed by atoms with Crippen LogP contribution in [0.15, 0.2) is 0 Å². The summed E-state index contributed by atoms with van der Waals surface area (Å²) in [6.07, 6.45) is -0.882. The zero-order valence-corrected chi connectivity index (χ0v) is 7.51. The molecular weight excluding hydrogens is 191 g/mol. The number of carboxylic acids is 1. The average Bonchev–Trinajstić information content (AvgIpc) is 1.88. The lowest BCUT2D eigenvalue weighted by molar-refractivity contribution is -0.145. The van der Waals surface area contributed by atoms with Gasteiger partial charge in [0.1, 0.15) is 4.84 Å². The quantitative estimate of drug-likeness (QED) is 0.673. The van der Waals surface area contributed by atoms with Crippen molar-refractivity contribution in [3.63, 3.8) is 0 Å². The highest BCUT2D eigenvalue weighted by Crippen LogP contribution is 2.18. The molecule has 0 radical (unpaired) electrons. The molecule has 0 aromatic rings. The van der Waals surface area contributed by atoms with E-state index < -0.39 is 22.8 Å². The number of aliphatic hydroxyl groups excluding tert-OH is 1. The summed E-state index contributed by atoms with van der Waals surface area (Å²) in [5.74, 6) is -1.96. The minimum Gasteiger partial charge on any atom is -0.481 e. The molecule has 2 N–H and O–H groups in total. The van der Waals surface area contributed by atoms with E-state index in [9.17, 15) is 4.79 Å². The van der Waals surface area contributed by atoms with Gasteiger partial charge in [-0.2, -0.15) is 0 Å². The molecule has 0 aliphatic carbocycles. The molecule has 3 nitrogen and oxygen atoms in total. The van der Waals surface area contributed by atoms with Crippen LogP contribution in [0.4, 0.5) is 0 Å². The highest BCUT2D eigenvalue weighted by molar-refractivity contribution is 6.44. The van der Waals surface area contributed by atoms with E-state index >= 15 is 0 Å². The molecule has 0 aromatic carbocycles. The van der Waals surface area contributed by atoms with Crippen molar-refractivity contribution in [3.05, 3.63) is 0 Å². The number of alkyl halides is 2. The molecule has 11 heavy (non-hydrogen) atoms. The van der Waals surface area contributed by atoms with E-state index in [1.54, 1.807) is 6.92 Å². The second-order valence-electron chi connectivity index (χ2n) is 2.18. The fourth-order valence-corrected chi connectivity index (χ4v) is 1.09. The Morgan fingerprint density at radius 3 is 2.09 bits per heavy atom. The normalized spacial score (nSPS) is 16.5. The summed E-state index contributed by atoms with van der Waals surface area (Å²) in [6.45, 7) is 1.65. The van der Waals surface area contributed by atoms with E-state index in [2.05, 4.69) is 0 Å². The van der Waals surface area contributed by atoms with Crippen molar-refractivity contribution in [2.75, 3.05) is 0 Å². The molecule has 0 aliphatic rings. The number of hydrogen-bond donors (Lipinski definition) is 2. The smallest absolute Gasteiger partial charge is 0.309 e. The Balaban J connectivity index is 4.14. The second kappa shape index (κ2) is 4.80. The standard InChI is InChI=1S/C6H10Cl2O3/c1-2-3(6(10)11)4(9)5(7)8/h3-5,9H,2H2,1H3,(H,10,11). The van der Waals surface area contributed by atoms with Crippen molar-refractivity contribution in [2.24, 2.45) is 5.92 Å². The van der Waals surface area contributed by atoms with E-state index in [1.165, 1.54) is 0 Å². The average molecular weight is 201 g/mol. The van der Waals surface area contributed by atoms with Crippen molar-refractivity contribution in [3.8, 4) is 0 Å². The molecule has 0 aromatic heterocycles. The summed E-state index contributed by atoms with van der Waals surface area (Å²) >= 11 is 10.6. The molecule has 0 fully saturated rings. The summed E-state index contributed by atoms with van der Waals surface area (Å²) < 4.78 is 0. The number of hydrogen-bond acceptors (Lipinski definition) is 2. The third kappa shape index (κ3) is 3.27. The Bertz CT molecular complexity index is 138. The summed E-state index contributed by atoms with van der Waals surface area (Å²) in [4.78, 5) is 9.35. The van der Waals surface area contributed by atoms with Crippen LogP contribution in [0, 0.1) is 5.92 Å². The van der Waals surface area contributed by atoms with Gasteiger partial charge in [-0.25, -0.2) is 0 Å². The number of carbonyl (C=O) groups is 1. The predicted molar refractivity (Wildman–Crippen MR) is 42.9 cm³/mol. The Hall–Kier alpha value is 0.01000. The summed E-state index contributed by atoms with van der Waals surface area (Å²) in [6, 6.07) is 0. The van der Waals surface area contributed by atoms with Gasteiger partial charge >= 0.3 is 5.97 Å². The number of aliphatic hydroxyl groups is 1. The van der Waals surface area contributed by atoms with Gasteiger partial charge in [-0.05, 0) is 6.42 Å². The molecule has 0 bridgehead atoms. The SMILES string of the molecule is CCC(C(=O)O)C(O)C(Cl)Cl. The van der Waals surface area contributed by atoms with Gasteiger partial charge in [0.2, 0.25) is 0 Å². The minimum absolute atomic E-state index is 0.312. The molecule has 0 heterocycles. The molecular formula is C6H10Cl2O3. The van der Waals surface area contributed by atoms with Crippen LogP contribution in [0.25, 0.3) is 0 Å². The topological polar surface area (TPSA) is 57.5 Å². The molecule has 0 amide bonds. The maximum Gasteiger partial charge on any atom is 0.309 e. The lowest BCUT2D eigenvalue weighted by Crippen LogP contribution is -2.32. The van der Waals surface area contributed by atoms with Crippen molar-refractivity contribution in [1.82, 2.24) is 0 Å². The fraction of sp³-hybridized carbons (Fsp3) is 0.833. The molecule has 0 saturated carbocycles. The number of halogens is 2.